The number of rotatable bonds is 4. The fraction of sp³-hybridized carbons (Fsp3) is 0.281. The number of allylic oxidation sites excluding steroid dienone is 4. The molecule has 37 heavy (non-hydrogen) atoms. The van der Waals surface area contributed by atoms with E-state index in [0.717, 1.165) is 51.3 Å². The molecule has 0 bridgehead atoms. The second kappa shape index (κ2) is 8.21. The van der Waals surface area contributed by atoms with Gasteiger partial charge in [0.15, 0.2) is 0 Å². The Balaban J connectivity index is 1.60. The molecular formula is C32H29BNO3. The third kappa shape index (κ3) is 3.29. The van der Waals surface area contributed by atoms with Gasteiger partial charge < -0.3 is 14.5 Å². The minimum atomic E-state index is -1.02. The molecular weight excluding hydrogens is 457 g/mol. The molecule has 0 aromatic heterocycles. The average Bonchev–Trinajstić information content (AvgIpc) is 3.18. The maximum Gasteiger partial charge on any atom is 0.304 e. The normalized spacial score (nSPS) is 21.5. The van der Waals surface area contributed by atoms with Gasteiger partial charge in [0.1, 0.15) is 11.5 Å². The first kappa shape index (κ1) is 23.8. The van der Waals surface area contributed by atoms with Crippen LogP contribution in [0.1, 0.15) is 56.4 Å². The van der Waals surface area contributed by atoms with E-state index in [4.69, 9.17) is 9.39 Å². The van der Waals surface area contributed by atoms with E-state index in [1.54, 1.807) is 13.8 Å². The van der Waals surface area contributed by atoms with Crippen LogP contribution in [0.2, 0.25) is 5.82 Å². The first-order valence-corrected chi connectivity index (χ1v) is 12.8. The predicted molar refractivity (Wildman–Crippen MR) is 145 cm³/mol. The second-order valence-electron chi connectivity index (χ2n) is 11.1. The van der Waals surface area contributed by atoms with E-state index in [-0.39, 0.29) is 5.82 Å². The van der Waals surface area contributed by atoms with Crippen LogP contribution in [-0.2, 0) is 10.1 Å². The Bertz CT molecular complexity index is 1520. The largest absolute Gasteiger partial charge is 0.461 e. The van der Waals surface area contributed by atoms with Gasteiger partial charge >= 0.3 is 7.48 Å². The number of benzene rings is 3. The van der Waals surface area contributed by atoms with E-state index < -0.39 is 16.6 Å². The highest BCUT2D eigenvalue weighted by Crippen LogP contribution is 2.62. The van der Waals surface area contributed by atoms with Crippen molar-refractivity contribution in [3.8, 4) is 22.9 Å². The molecule has 1 radical (unpaired) electrons. The third-order valence-electron chi connectivity index (χ3n) is 8.38. The number of ether oxygens (including phenoxy) is 1. The zero-order valence-corrected chi connectivity index (χ0v) is 21.6. The van der Waals surface area contributed by atoms with E-state index in [9.17, 15) is 10.4 Å². The fourth-order valence-corrected chi connectivity index (χ4v) is 5.81. The van der Waals surface area contributed by atoms with Crippen molar-refractivity contribution >= 4 is 7.48 Å². The van der Waals surface area contributed by atoms with Crippen LogP contribution in [0.25, 0.3) is 11.1 Å². The summed E-state index contributed by atoms with van der Waals surface area (Å²) < 4.78 is 12.9. The smallest absolute Gasteiger partial charge is 0.304 e. The van der Waals surface area contributed by atoms with E-state index in [1.165, 1.54) is 0 Å². The van der Waals surface area contributed by atoms with Crippen LogP contribution < -0.4 is 4.74 Å². The monoisotopic (exact) mass is 486 g/mol. The lowest BCUT2D eigenvalue weighted by Crippen LogP contribution is -2.48. The standard InChI is InChI=1S/C32H29BNO3/c1-30(2,35)31(3,4)37-33-26-17-10-16-25-29(26)36-27-18-8-7-14-23(27)32(25)22-13-6-5-12-21(22)28-20(19-34)11-9-15-24(28)32/h5-16,18,26,35H,17H2,1-4H3. The van der Waals surface area contributed by atoms with Crippen LogP contribution in [0.3, 0.4) is 0 Å². The maximum absolute atomic E-state index is 10.6. The van der Waals surface area contributed by atoms with E-state index in [2.05, 4.69) is 54.6 Å². The molecule has 3 aromatic rings. The van der Waals surface area contributed by atoms with Gasteiger partial charge in [0, 0.05) is 22.5 Å². The molecule has 6 rings (SSSR count). The number of fused-ring (bicyclic) bond motifs is 8. The van der Waals surface area contributed by atoms with Crippen molar-refractivity contribution in [2.24, 2.45) is 0 Å². The van der Waals surface area contributed by atoms with Gasteiger partial charge in [-0.05, 0) is 62.9 Å². The van der Waals surface area contributed by atoms with Crippen molar-refractivity contribution in [2.45, 2.75) is 56.6 Å². The third-order valence-corrected chi connectivity index (χ3v) is 8.38. The minimum absolute atomic E-state index is 0.137. The molecule has 0 saturated carbocycles. The lowest BCUT2D eigenvalue weighted by molar-refractivity contribution is -0.0910. The Morgan fingerprint density at radius 1 is 0.973 bits per heavy atom. The summed E-state index contributed by atoms with van der Waals surface area (Å²) in [7, 11) is 1.83. The van der Waals surface area contributed by atoms with E-state index in [0.29, 0.717) is 5.56 Å². The van der Waals surface area contributed by atoms with E-state index >= 15 is 0 Å². The van der Waals surface area contributed by atoms with Gasteiger partial charge in [0.25, 0.3) is 0 Å². The van der Waals surface area contributed by atoms with Crippen molar-refractivity contribution in [1.29, 1.82) is 5.26 Å². The highest BCUT2D eigenvalue weighted by molar-refractivity contribution is 6.31. The number of nitrogens with zero attached hydrogens (tertiary/aromatic N) is 1. The Kier molecular flexibility index (Phi) is 5.28. The number of aliphatic hydroxyl groups is 1. The molecule has 1 heterocycles. The molecule has 3 aromatic carbocycles. The molecule has 5 heteroatoms. The zero-order chi connectivity index (χ0) is 26.0. The summed E-state index contributed by atoms with van der Waals surface area (Å²) in [4.78, 5) is 0. The van der Waals surface area contributed by atoms with Crippen LogP contribution in [0, 0.1) is 11.3 Å². The van der Waals surface area contributed by atoms with Gasteiger partial charge in [-0.1, -0.05) is 66.7 Å². The molecule has 1 aliphatic heterocycles. The molecule has 2 unspecified atom stereocenters. The van der Waals surface area contributed by atoms with Crippen molar-refractivity contribution in [3.63, 3.8) is 0 Å². The Morgan fingerprint density at radius 3 is 2.43 bits per heavy atom. The van der Waals surface area contributed by atoms with Gasteiger partial charge in [0.2, 0.25) is 0 Å². The average molecular weight is 486 g/mol. The van der Waals surface area contributed by atoms with Crippen molar-refractivity contribution in [3.05, 3.63) is 112 Å². The Hall–Kier alpha value is -3.59. The molecule has 0 amide bonds. The van der Waals surface area contributed by atoms with E-state index in [1.807, 2.05) is 51.7 Å². The van der Waals surface area contributed by atoms with Crippen LogP contribution in [0.5, 0.6) is 5.75 Å². The molecule has 3 aliphatic rings. The molecule has 2 aliphatic carbocycles. The summed E-state index contributed by atoms with van der Waals surface area (Å²) in [6.45, 7) is 7.30. The number of hydrogen-bond acceptors (Lipinski definition) is 4. The Labute approximate surface area is 219 Å². The summed E-state index contributed by atoms with van der Waals surface area (Å²) in [5.41, 5.74) is 4.70. The lowest BCUT2D eigenvalue weighted by atomic mass is 9.61. The maximum atomic E-state index is 10.6. The molecule has 1 spiro atoms. The summed E-state index contributed by atoms with van der Waals surface area (Å²) in [6, 6.07) is 25.1. The predicted octanol–water partition coefficient (Wildman–Crippen LogP) is 6.45. The highest BCUT2D eigenvalue weighted by atomic mass is 16.5. The van der Waals surface area contributed by atoms with Gasteiger partial charge in [-0.25, -0.2) is 0 Å². The topological polar surface area (TPSA) is 62.5 Å². The van der Waals surface area contributed by atoms with Crippen LogP contribution in [0.15, 0.2) is 90.2 Å². The molecule has 183 valence electrons. The van der Waals surface area contributed by atoms with Crippen molar-refractivity contribution in [1.82, 2.24) is 0 Å². The van der Waals surface area contributed by atoms with Gasteiger partial charge in [-0.15, -0.1) is 0 Å². The molecule has 2 atom stereocenters. The summed E-state index contributed by atoms with van der Waals surface area (Å²) in [6.07, 6.45) is 5.08. The van der Waals surface area contributed by atoms with Crippen molar-refractivity contribution < 1.29 is 14.5 Å². The summed E-state index contributed by atoms with van der Waals surface area (Å²) >= 11 is 0. The van der Waals surface area contributed by atoms with Crippen molar-refractivity contribution in [2.75, 3.05) is 0 Å². The minimum Gasteiger partial charge on any atom is -0.461 e. The van der Waals surface area contributed by atoms with Gasteiger partial charge in [0.05, 0.1) is 28.2 Å². The SMILES string of the molecule is CC(C)(O)C(C)(C)O[B]C1CC=CC2=C1Oc1ccccc1C21c2ccccc2-c2c(C#N)cccc21. The lowest BCUT2D eigenvalue weighted by Gasteiger charge is -2.43. The molecule has 0 saturated heterocycles. The first-order chi connectivity index (χ1) is 17.7. The highest BCUT2D eigenvalue weighted by Gasteiger charge is 2.53. The molecule has 0 fully saturated rings. The van der Waals surface area contributed by atoms with Gasteiger partial charge in [-0.3, -0.25) is 0 Å². The molecule has 4 nitrogen and oxygen atoms in total. The molecule has 1 N–H and O–H groups in total. The van der Waals surface area contributed by atoms with Crippen LogP contribution >= 0.6 is 0 Å². The summed E-state index contributed by atoms with van der Waals surface area (Å²) in [5.74, 6) is 1.52. The number of nitriles is 1. The number of hydrogen-bond donors (Lipinski definition) is 1. The zero-order valence-electron chi connectivity index (χ0n) is 21.6. The quantitative estimate of drug-likeness (QED) is 0.431. The Morgan fingerprint density at radius 2 is 1.68 bits per heavy atom. The van der Waals surface area contributed by atoms with Crippen LogP contribution in [-0.4, -0.2) is 23.8 Å². The fourth-order valence-electron chi connectivity index (χ4n) is 5.81. The number of para-hydroxylation sites is 1. The van der Waals surface area contributed by atoms with Gasteiger partial charge in [-0.2, -0.15) is 5.26 Å². The van der Waals surface area contributed by atoms with Crippen LogP contribution in [0.4, 0.5) is 0 Å². The summed E-state index contributed by atoms with van der Waals surface area (Å²) in [5, 5.41) is 20.7. The first-order valence-electron chi connectivity index (χ1n) is 12.8. The second-order valence-corrected chi connectivity index (χ2v) is 11.1.